The van der Waals surface area contributed by atoms with E-state index in [2.05, 4.69) is 41.5 Å². The molecular weight excluding hydrogens is 344 g/mol. The predicted molar refractivity (Wildman–Crippen MR) is 118 cm³/mol. The fourth-order valence-electron chi connectivity index (χ4n) is 4.57. The fraction of sp³-hybridized carbons (Fsp3) is 1.00. The van der Waals surface area contributed by atoms with E-state index in [0.29, 0.717) is 0 Å². The molecule has 24 heavy (non-hydrogen) atoms. The van der Waals surface area contributed by atoms with Crippen LogP contribution < -0.4 is 0 Å². The summed E-state index contributed by atoms with van der Waals surface area (Å²) in [6, 6.07) is 7.92. The van der Waals surface area contributed by atoms with Gasteiger partial charge in [0.25, 0.3) is 0 Å². The van der Waals surface area contributed by atoms with Crippen LogP contribution in [0.5, 0.6) is 0 Å². The van der Waals surface area contributed by atoms with Crippen LogP contribution in [0, 0.1) is 0 Å². The number of hydrogen-bond donors (Lipinski definition) is 0. The Hall–Kier alpha value is 0.571. The van der Waals surface area contributed by atoms with Gasteiger partial charge < -0.3 is 8.85 Å². The van der Waals surface area contributed by atoms with Crippen molar-refractivity contribution in [2.75, 3.05) is 0 Å². The summed E-state index contributed by atoms with van der Waals surface area (Å²) in [5.41, 5.74) is 0. The molecule has 0 unspecified atom stereocenters. The van der Waals surface area contributed by atoms with Crippen molar-refractivity contribution in [3.8, 4) is 0 Å². The highest BCUT2D eigenvalue weighted by molar-refractivity contribution is 6.75. The van der Waals surface area contributed by atoms with E-state index in [1.165, 1.54) is 74.8 Å². The van der Waals surface area contributed by atoms with Crippen LogP contribution in [0.15, 0.2) is 0 Å². The van der Waals surface area contributed by atoms with Crippen molar-refractivity contribution < 1.29 is 8.85 Å². The standard InChI is InChI=1S/C19H46O2Si3/c1-7-13-23(14-8-2,15-9-3)20-19(22)21-24(16-10-4,17-11-5)18-12-6/h19H,7-18H2,1-6,22H3. The lowest BCUT2D eigenvalue weighted by molar-refractivity contribution is 0.0547. The Morgan fingerprint density at radius 2 is 0.750 bits per heavy atom. The minimum absolute atomic E-state index is 0.151. The Kier molecular flexibility index (Phi) is 14.1. The Bertz CT molecular complexity index is 238. The maximum Gasteiger partial charge on any atom is 0.195 e. The molecule has 0 heterocycles. The first kappa shape index (κ1) is 24.6. The molecule has 0 saturated heterocycles. The summed E-state index contributed by atoms with van der Waals surface area (Å²) in [7, 11) is -2.17. The summed E-state index contributed by atoms with van der Waals surface area (Å²) < 4.78 is 13.7. The first-order valence-electron chi connectivity index (χ1n) is 10.8. The SMILES string of the molecule is CCC[Si](CCC)(CCC)OC([SiH3])O[Si](CCC)(CCC)CCC. The van der Waals surface area contributed by atoms with Crippen molar-refractivity contribution in [1.29, 1.82) is 0 Å². The molecule has 2 nitrogen and oxygen atoms in total. The molecule has 5 heteroatoms. The zero-order valence-corrected chi connectivity index (χ0v) is 21.9. The van der Waals surface area contributed by atoms with Gasteiger partial charge in [-0.2, -0.15) is 0 Å². The van der Waals surface area contributed by atoms with Gasteiger partial charge in [-0.3, -0.25) is 0 Å². The quantitative estimate of drug-likeness (QED) is 0.237. The Morgan fingerprint density at radius 1 is 0.542 bits per heavy atom. The van der Waals surface area contributed by atoms with Gasteiger partial charge in [-0.1, -0.05) is 80.1 Å². The summed E-state index contributed by atoms with van der Waals surface area (Å²) in [5.74, 6) is 0.151. The summed E-state index contributed by atoms with van der Waals surface area (Å²) >= 11 is 0. The third-order valence-electron chi connectivity index (χ3n) is 5.07. The van der Waals surface area contributed by atoms with Crippen molar-refractivity contribution in [3.05, 3.63) is 0 Å². The Morgan fingerprint density at radius 3 is 0.917 bits per heavy atom. The second kappa shape index (κ2) is 13.7. The van der Waals surface area contributed by atoms with E-state index < -0.39 is 16.6 Å². The van der Waals surface area contributed by atoms with E-state index >= 15 is 0 Å². The van der Waals surface area contributed by atoms with Crippen LogP contribution in [-0.4, -0.2) is 32.8 Å². The average Bonchev–Trinajstić information content (AvgIpc) is 2.48. The van der Waals surface area contributed by atoms with Gasteiger partial charge >= 0.3 is 0 Å². The molecule has 0 aliphatic carbocycles. The number of rotatable bonds is 16. The highest BCUT2D eigenvalue weighted by atomic mass is 28.4. The van der Waals surface area contributed by atoms with Crippen LogP contribution in [0.2, 0.25) is 36.3 Å². The molecule has 0 saturated carbocycles. The summed E-state index contributed by atoms with van der Waals surface area (Å²) in [5, 5.41) is 0. The van der Waals surface area contributed by atoms with E-state index in [1.807, 2.05) is 0 Å². The Labute approximate surface area is 158 Å². The van der Waals surface area contributed by atoms with Crippen molar-refractivity contribution >= 4 is 26.9 Å². The van der Waals surface area contributed by atoms with Gasteiger partial charge in [0.15, 0.2) is 16.6 Å². The summed E-state index contributed by atoms with van der Waals surface area (Å²) in [6.07, 6.45) is 7.59. The van der Waals surface area contributed by atoms with Crippen LogP contribution in [0.25, 0.3) is 0 Å². The van der Waals surface area contributed by atoms with Gasteiger partial charge in [0.1, 0.15) is 5.91 Å². The van der Waals surface area contributed by atoms with Crippen LogP contribution in [0.3, 0.4) is 0 Å². The van der Waals surface area contributed by atoms with E-state index in [0.717, 1.165) is 10.2 Å². The zero-order valence-electron chi connectivity index (χ0n) is 17.9. The molecule has 0 rings (SSSR count). The lowest BCUT2D eigenvalue weighted by Crippen LogP contribution is -2.48. The minimum atomic E-state index is -1.60. The molecular formula is C19H46O2Si3. The van der Waals surface area contributed by atoms with Gasteiger partial charge in [0.2, 0.25) is 0 Å². The van der Waals surface area contributed by atoms with Gasteiger partial charge in [0.05, 0.1) is 10.2 Å². The summed E-state index contributed by atoms with van der Waals surface area (Å²) in [6.45, 7) is 13.9. The van der Waals surface area contributed by atoms with Crippen molar-refractivity contribution in [1.82, 2.24) is 0 Å². The number of hydrogen-bond acceptors (Lipinski definition) is 2. The second-order valence-electron chi connectivity index (χ2n) is 7.67. The first-order chi connectivity index (χ1) is 11.5. The van der Waals surface area contributed by atoms with Crippen molar-refractivity contribution in [3.63, 3.8) is 0 Å². The molecule has 0 aromatic rings. The van der Waals surface area contributed by atoms with Gasteiger partial charge in [0, 0.05) is 0 Å². The van der Waals surface area contributed by atoms with E-state index in [9.17, 15) is 0 Å². The van der Waals surface area contributed by atoms with E-state index in [4.69, 9.17) is 8.85 Å². The monoisotopic (exact) mass is 390 g/mol. The van der Waals surface area contributed by atoms with Crippen LogP contribution in [-0.2, 0) is 8.85 Å². The topological polar surface area (TPSA) is 18.5 Å². The van der Waals surface area contributed by atoms with Crippen molar-refractivity contribution in [2.24, 2.45) is 0 Å². The van der Waals surface area contributed by atoms with Gasteiger partial charge in [-0.05, 0) is 36.3 Å². The lowest BCUT2D eigenvalue weighted by atomic mass is 10.6. The van der Waals surface area contributed by atoms with Crippen molar-refractivity contribution in [2.45, 2.75) is 122 Å². The maximum atomic E-state index is 6.87. The third-order valence-corrected chi connectivity index (χ3v) is 16.6. The third kappa shape index (κ3) is 8.79. The molecule has 0 aromatic heterocycles. The van der Waals surface area contributed by atoms with Crippen LogP contribution in [0.4, 0.5) is 0 Å². The summed E-state index contributed by atoms with van der Waals surface area (Å²) in [4.78, 5) is 0. The molecule has 0 aliphatic rings. The molecule has 0 bridgehead atoms. The first-order valence-corrected chi connectivity index (χ1v) is 17.0. The van der Waals surface area contributed by atoms with Gasteiger partial charge in [-0.15, -0.1) is 0 Å². The van der Waals surface area contributed by atoms with E-state index in [1.54, 1.807) is 0 Å². The largest absolute Gasteiger partial charge is 0.397 e. The molecule has 0 fully saturated rings. The van der Waals surface area contributed by atoms with E-state index in [-0.39, 0.29) is 5.91 Å². The highest BCUT2D eigenvalue weighted by Gasteiger charge is 2.38. The fourth-order valence-corrected chi connectivity index (χ4v) is 16.8. The smallest absolute Gasteiger partial charge is 0.195 e. The highest BCUT2D eigenvalue weighted by Crippen LogP contribution is 2.32. The normalized spacial score (nSPS) is 13.1. The molecule has 0 atom stereocenters. The minimum Gasteiger partial charge on any atom is -0.397 e. The van der Waals surface area contributed by atoms with Crippen LogP contribution >= 0.6 is 0 Å². The molecule has 0 N–H and O–H groups in total. The molecule has 146 valence electrons. The maximum absolute atomic E-state index is 6.87. The average molecular weight is 391 g/mol. The Balaban J connectivity index is 5.12. The van der Waals surface area contributed by atoms with Crippen LogP contribution in [0.1, 0.15) is 80.1 Å². The van der Waals surface area contributed by atoms with Gasteiger partial charge in [-0.25, -0.2) is 0 Å². The molecule has 0 spiro atoms. The predicted octanol–water partition coefficient (Wildman–Crippen LogP) is 6.02. The molecule has 0 aromatic carbocycles. The molecule has 0 aliphatic heterocycles. The molecule has 0 radical (unpaired) electrons. The second-order valence-corrected chi connectivity index (χ2v) is 16.8. The lowest BCUT2D eigenvalue weighted by Gasteiger charge is -2.39. The zero-order chi connectivity index (χ0) is 18.5. The molecule has 0 amide bonds.